The second kappa shape index (κ2) is 6.12. The van der Waals surface area contributed by atoms with Crippen molar-refractivity contribution in [1.29, 1.82) is 0 Å². The third-order valence-corrected chi connectivity index (χ3v) is 3.76. The van der Waals surface area contributed by atoms with E-state index >= 15 is 0 Å². The predicted molar refractivity (Wildman–Crippen MR) is 79.5 cm³/mol. The van der Waals surface area contributed by atoms with Gasteiger partial charge in [-0.25, -0.2) is 0 Å². The molecule has 1 N–H and O–H groups in total. The van der Waals surface area contributed by atoms with Gasteiger partial charge in [-0.15, -0.1) is 0 Å². The molecule has 4 heteroatoms. The summed E-state index contributed by atoms with van der Waals surface area (Å²) in [5.74, 6) is 0.867. The lowest BCUT2D eigenvalue weighted by Crippen LogP contribution is -1.99. The van der Waals surface area contributed by atoms with E-state index in [-0.39, 0.29) is 0 Å². The van der Waals surface area contributed by atoms with Gasteiger partial charge in [0.1, 0.15) is 5.75 Å². The van der Waals surface area contributed by atoms with E-state index < -0.39 is 0 Å². The summed E-state index contributed by atoms with van der Waals surface area (Å²) >= 11 is 9.35. The smallest absolute Gasteiger partial charge is 0.119 e. The Morgan fingerprint density at radius 1 is 1.22 bits per heavy atom. The van der Waals surface area contributed by atoms with E-state index in [0.717, 1.165) is 22.5 Å². The fourth-order valence-corrected chi connectivity index (χ4v) is 2.09. The van der Waals surface area contributed by atoms with E-state index in [1.165, 1.54) is 5.56 Å². The molecular weight excluding hydrogens is 314 g/mol. The molecule has 18 heavy (non-hydrogen) atoms. The van der Waals surface area contributed by atoms with Crippen LogP contribution in [0.2, 0.25) is 5.02 Å². The first-order valence-electron chi connectivity index (χ1n) is 5.51. The first-order chi connectivity index (χ1) is 8.69. The molecule has 0 spiro atoms. The Morgan fingerprint density at radius 2 is 2.06 bits per heavy atom. The molecule has 2 nitrogen and oxygen atoms in total. The molecule has 0 atom stereocenters. The van der Waals surface area contributed by atoms with Crippen molar-refractivity contribution in [3.05, 3.63) is 57.5 Å². The second-order valence-corrected chi connectivity index (χ2v) is 5.10. The number of ether oxygens (including phenoxy) is 1. The molecule has 94 valence electrons. The van der Waals surface area contributed by atoms with Gasteiger partial charge in [0.15, 0.2) is 0 Å². The molecule has 0 amide bonds. The number of rotatable bonds is 4. The van der Waals surface area contributed by atoms with Crippen molar-refractivity contribution in [1.82, 2.24) is 0 Å². The summed E-state index contributed by atoms with van der Waals surface area (Å²) in [5, 5.41) is 4.05. The van der Waals surface area contributed by atoms with Crippen LogP contribution in [-0.2, 0) is 6.54 Å². The summed E-state index contributed by atoms with van der Waals surface area (Å²) in [4.78, 5) is 0. The summed E-state index contributed by atoms with van der Waals surface area (Å²) in [5.41, 5.74) is 2.19. The maximum Gasteiger partial charge on any atom is 0.119 e. The van der Waals surface area contributed by atoms with Crippen LogP contribution in [0.15, 0.2) is 46.9 Å². The molecule has 0 aromatic heterocycles. The highest BCUT2D eigenvalue weighted by atomic mass is 79.9. The highest BCUT2D eigenvalue weighted by Gasteiger charge is 2.00. The summed E-state index contributed by atoms with van der Waals surface area (Å²) in [6.45, 7) is 0.741. The summed E-state index contributed by atoms with van der Waals surface area (Å²) in [7, 11) is 1.67. The molecule has 0 aliphatic heterocycles. The standard InChI is InChI=1S/C14H13BrClNO/c1-18-12-4-2-3-10(7-12)9-17-11-5-6-14(16)13(15)8-11/h2-8,17H,9H2,1H3. The largest absolute Gasteiger partial charge is 0.497 e. The molecule has 2 aromatic carbocycles. The summed E-state index contributed by atoms with van der Waals surface area (Å²) in [6, 6.07) is 13.8. The van der Waals surface area contributed by atoms with Crippen molar-refractivity contribution >= 4 is 33.2 Å². The first kappa shape index (κ1) is 13.2. The molecule has 2 aromatic rings. The lowest BCUT2D eigenvalue weighted by molar-refractivity contribution is 0.414. The zero-order valence-electron chi connectivity index (χ0n) is 9.91. The van der Waals surface area contributed by atoms with Gasteiger partial charge < -0.3 is 10.1 Å². The van der Waals surface area contributed by atoms with Gasteiger partial charge in [-0.2, -0.15) is 0 Å². The number of hydrogen-bond donors (Lipinski definition) is 1. The second-order valence-electron chi connectivity index (χ2n) is 3.83. The number of methoxy groups -OCH3 is 1. The third-order valence-electron chi connectivity index (χ3n) is 2.55. The zero-order chi connectivity index (χ0) is 13.0. The Hall–Kier alpha value is -1.19. The molecule has 0 heterocycles. The van der Waals surface area contributed by atoms with Gasteiger partial charge in [-0.1, -0.05) is 23.7 Å². The third kappa shape index (κ3) is 3.40. The van der Waals surface area contributed by atoms with E-state index in [1.54, 1.807) is 7.11 Å². The molecule has 0 aliphatic rings. The number of halogens is 2. The SMILES string of the molecule is COc1cccc(CNc2ccc(Cl)c(Br)c2)c1. The van der Waals surface area contributed by atoms with Gasteiger partial charge >= 0.3 is 0 Å². The van der Waals surface area contributed by atoms with Gasteiger partial charge in [0.2, 0.25) is 0 Å². The van der Waals surface area contributed by atoms with Crippen LogP contribution in [0.3, 0.4) is 0 Å². The Labute approximate surface area is 120 Å². The minimum absolute atomic E-state index is 0.710. The summed E-state index contributed by atoms with van der Waals surface area (Å²) in [6.07, 6.45) is 0. The molecule has 2 rings (SSSR count). The van der Waals surface area contributed by atoms with Crippen molar-refractivity contribution in [2.75, 3.05) is 12.4 Å². The fourth-order valence-electron chi connectivity index (χ4n) is 1.59. The predicted octanol–water partition coefficient (Wildman–Crippen LogP) is 4.72. The molecule has 0 saturated heterocycles. The fraction of sp³-hybridized carbons (Fsp3) is 0.143. The highest BCUT2D eigenvalue weighted by Crippen LogP contribution is 2.26. The Balaban J connectivity index is 2.04. The summed E-state index contributed by atoms with van der Waals surface area (Å²) < 4.78 is 6.08. The molecule has 0 bridgehead atoms. The maximum atomic E-state index is 5.95. The molecule has 0 aliphatic carbocycles. The molecule has 0 unspecified atom stereocenters. The van der Waals surface area contributed by atoms with Crippen LogP contribution in [0.5, 0.6) is 5.75 Å². The topological polar surface area (TPSA) is 21.3 Å². The lowest BCUT2D eigenvalue weighted by atomic mass is 10.2. The average Bonchev–Trinajstić information content (AvgIpc) is 2.40. The molecule has 0 saturated carbocycles. The van der Waals surface area contributed by atoms with Gasteiger partial charge in [0.25, 0.3) is 0 Å². The van der Waals surface area contributed by atoms with E-state index in [1.807, 2.05) is 36.4 Å². The minimum atomic E-state index is 0.710. The maximum absolute atomic E-state index is 5.95. The van der Waals surface area contributed by atoms with Crippen LogP contribution >= 0.6 is 27.5 Å². The molecular formula is C14H13BrClNO. The first-order valence-corrected chi connectivity index (χ1v) is 6.68. The van der Waals surface area contributed by atoms with Crippen molar-refractivity contribution in [3.63, 3.8) is 0 Å². The van der Waals surface area contributed by atoms with Crippen molar-refractivity contribution < 1.29 is 4.74 Å². The van der Waals surface area contributed by atoms with Gasteiger partial charge in [0, 0.05) is 16.7 Å². The van der Waals surface area contributed by atoms with Crippen LogP contribution < -0.4 is 10.1 Å². The van der Waals surface area contributed by atoms with Crippen LogP contribution in [0.4, 0.5) is 5.69 Å². The average molecular weight is 327 g/mol. The quantitative estimate of drug-likeness (QED) is 0.877. The Bertz CT molecular complexity index is 545. The van der Waals surface area contributed by atoms with Crippen LogP contribution in [-0.4, -0.2) is 7.11 Å². The monoisotopic (exact) mass is 325 g/mol. The number of nitrogens with one attached hydrogen (secondary N) is 1. The van der Waals surface area contributed by atoms with E-state index in [2.05, 4.69) is 27.3 Å². The van der Waals surface area contributed by atoms with Gasteiger partial charge in [-0.05, 0) is 51.8 Å². The van der Waals surface area contributed by atoms with Crippen molar-refractivity contribution in [3.8, 4) is 5.75 Å². The zero-order valence-corrected chi connectivity index (χ0v) is 12.3. The van der Waals surface area contributed by atoms with Gasteiger partial charge in [0.05, 0.1) is 12.1 Å². The van der Waals surface area contributed by atoms with Gasteiger partial charge in [-0.3, -0.25) is 0 Å². The molecule has 0 radical (unpaired) electrons. The lowest BCUT2D eigenvalue weighted by Gasteiger charge is -2.08. The normalized spacial score (nSPS) is 10.2. The van der Waals surface area contributed by atoms with Crippen molar-refractivity contribution in [2.24, 2.45) is 0 Å². The van der Waals surface area contributed by atoms with E-state index in [4.69, 9.17) is 16.3 Å². The Kier molecular flexibility index (Phi) is 4.50. The van der Waals surface area contributed by atoms with Crippen molar-refractivity contribution in [2.45, 2.75) is 6.54 Å². The van der Waals surface area contributed by atoms with E-state index in [0.29, 0.717) is 5.02 Å². The van der Waals surface area contributed by atoms with E-state index in [9.17, 15) is 0 Å². The van der Waals surface area contributed by atoms with Crippen LogP contribution in [0.1, 0.15) is 5.56 Å². The van der Waals surface area contributed by atoms with Crippen LogP contribution in [0.25, 0.3) is 0 Å². The minimum Gasteiger partial charge on any atom is -0.497 e. The number of anilines is 1. The Morgan fingerprint density at radius 3 is 2.78 bits per heavy atom. The van der Waals surface area contributed by atoms with Crippen LogP contribution in [0, 0.1) is 0 Å². The number of benzene rings is 2. The highest BCUT2D eigenvalue weighted by molar-refractivity contribution is 9.10. The number of hydrogen-bond acceptors (Lipinski definition) is 2. The molecule has 0 fully saturated rings.